The van der Waals surface area contributed by atoms with E-state index in [-0.39, 0.29) is 23.7 Å². The Balaban J connectivity index is 1.94. The van der Waals surface area contributed by atoms with Crippen LogP contribution in [0.4, 0.5) is 14.5 Å². The molecule has 132 valence electrons. The predicted octanol–water partition coefficient (Wildman–Crippen LogP) is 3.83. The van der Waals surface area contributed by atoms with Gasteiger partial charge in [-0.2, -0.15) is 8.78 Å². The van der Waals surface area contributed by atoms with E-state index in [2.05, 4.69) is 5.32 Å². The number of anilines is 1. The fourth-order valence-corrected chi connectivity index (χ4v) is 3.33. The van der Waals surface area contributed by atoms with Crippen LogP contribution in [0.3, 0.4) is 0 Å². The number of nitrogens with zero attached hydrogens (tertiary/aromatic N) is 1. The molecule has 1 fully saturated rings. The van der Waals surface area contributed by atoms with Crippen molar-refractivity contribution in [1.82, 2.24) is 4.90 Å². The number of piperidine rings is 1. The molecule has 0 saturated carbocycles. The summed E-state index contributed by atoms with van der Waals surface area (Å²) in [5.74, 6) is -2.85. The topological polar surface area (TPSA) is 49.4 Å². The van der Waals surface area contributed by atoms with Gasteiger partial charge < -0.3 is 10.2 Å². The van der Waals surface area contributed by atoms with Crippen LogP contribution in [-0.4, -0.2) is 35.6 Å². The van der Waals surface area contributed by atoms with Crippen LogP contribution in [0, 0.1) is 11.8 Å². The molecule has 0 bridgehead atoms. The molecule has 0 aromatic heterocycles. The van der Waals surface area contributed by atoms with Gasteiger partial charge in [-0.1, -0.05) is 37.7 Å². The lowest BCUT2D eigenvalue weighted by molar-refractivity contribution is -0.137. The summed E-state index contributed by atoms with van der Waals surface area (Å²) >= 11 is 0.420. The summed E-state index contributed by atoms with van der Waals surface area (Å²) in [6.45, 7) is 4.84. The number of halogens is 2. The second-order valence-electron chi connectivity index (χ2n) is 6.12. The summed E-state index contributed by atoms with van der Waals surface area (Å²) in [5.41, 5.74) is 0.411. The van der Waals surface area contributed by atoms with Gasteiger partial charge in [-0.3, -0.25) is 9.59 Å². The van der Waals surface area contributed by atoms with Crippen LogP contribution < -0.4 is 5.32 Å². The molecular formula is C17H22F2N2O2S. The summed E-state index contributed by atoms with van der Waals surface area (Å²) in [6, 6.07) is 6.56. The van der Waals surface area contributed by atoms with E-state index in [1.54, 1.807) is 29.2 Å². The molecule has 1 aliphatic rings. The Morgan fingerprint density at radius 1 is 1.21 bits per heavy atom. The van der Waals surface area contributed by atoms with Crippen LogP contribution in [0.5, 0.6) is 0 Å². The highest BCUT2D eigenvalue weighted by Crippen LogP contribution is 2.32. The van der Waals surface area contributed by atoms with Gasteiger partial charge in [0.05, 0.1) is 5.69 Å². The number of amides is 2. The third kappa shape index (κ3) is 4.93. The van der Waals surface area contributed by atoms with Gasteiger partial charge in [0.15, 0.2) is 0 Å². The summed E-state index contributed by atoms with van der Waals surface area (Å²) in [5, 5.41) is 2.76. The lowest BCUT2D eigenvalue weighted by Gasteiger charge is -2.32. The number of nitrogens with one attached hydrogen (secondary N) is 1. The van der Waals surface area contributed by atoms with Crippen LogP contribution in [-0.2, 0) is 9.59 Å². The number of benzene rings is 1. The van der Waals surface area contributed by atoms with Crippen LogP contribution in [0.1, 0.15) is 26.7 Å². The summed E-state index contributed by atoms with van der Waals surface area (Å²) < 4.78 is 25.2. The van der Waals surface area contributed by atoms with Gasteiger partial charge in [0, 0.05) is 29.8 Å². The SMILES string of the molecule is CC(C)C(=O)N1CCC(C(=O)Nc2ccccc2SC(F)F)CC1. The van der Waals surface area contributed by atoms with Gasteiger partial charge >= 0.3 is 0 Å². The fraction of sp³-hybridized carbons (Fsp3) is 0.529. The molecule has 1 N–H and O–H groups in total. The number of carbonyl (C=O) groups excluding carboxylic acids is 2. The van der Waals surface area contributed by atoms with Crippen molar-refractivity contribution < 1.29 is 18.4 Å². The van der Waals surface area contributed by atoms with Gasteiger partial charge in [0.1, 0.15) is 0 Å². The van der Waals surface area contributed by atoms with Gasteiger partial charge in [0.2, 0.25) is 11.8 Å². The standard InChI is InChI=1S/C17H22F2N2O2S/c1-11(2)16(23)21-9-7-12(8-10-21)15(22)20-13-5-3-4-6-14(13)24-17(18)19/h3-6,11-12,17H,7-10H2,1-2H3,(H,20,22). The Kier molecular flexibility index (Phi) is 6.60. The van der Waals surface area contributed by atoms with Crippen molar-refractivity contribution in [2.75, 3.05) is 18.4 Å². The Bertz CT molecular complexity index is 588. The first-order chi connectivity index (χ1) is 11.4. The first kappa shape index (κ1) is 18.7. The molecule has 7 heteroatoms. The number of thioether (sulfide) groups is 1. The third-order valence-electron chi connectivity index (χ3n) is 4.03. The van der Waals surface area contributed by atoms with E-state index >= 15 is 0 Å². The molecule has 1 heterocycles. The summed E-state index contributed by atoms with van der Waals surface area (Å²) in [7, 11) is 0. The molecule has 0 atom stereocenters. The number of para-hydroxylation sites is 1. The first-order valence-corrected chi connectivity index (χ1v) is 8.90. The van der Waals surface area contributed by atoms with Crippen molar-refractivity contribution in [3.63, 3.8) is 0 Å². The Morgan fingerprint density at radius 2 is 1.83 bits per heavy atom. The zero-order valence-electron chi connectivity index (χ0n) is 13.8. The van der Waals surface area contributed by atoms with E-state index < -0.39 is 5.76 Å². The van der Waals surface area contributed by atoms with Crippen LogP contribution in [0.15, 0.2) is 29.2 Å². The van der Waals surface area contributed by atoms with Crippen LogP contribution in [0.25, 0.3) is 0 Å². The van der Waals surface area contributed by atoms with Crippen molar-refractivity contribution in [3.8, 4) is 0 Å². The average Bonchev–Trinajstić information content (AvgIpc) is 2.55. The van der Waals surface area contributed by atoms with Crippen LogP contribution in [0.2, 0.25) is 0 Å². The molecule has 1 aromatic rings. The molecular weight excluding hydrogens is 334 g/mol. The minimum absolute atomic E-state index is 0.0476. The molecule has 1 aromatic carbocycles. The molecule has 1 saturated heterocycles. The normalized spacial score (nSPS) is 15.8. The average molecular weight is 356 g/mol. The van der Waals surface area contributed by atoms with E-state index in [0.717, 1.165) is 0 Å². The van der Waals surface area contributed by atoms with E-state index in [1.807, 2.05) is 13.8 Å². The molecule has 2 amide bonds. The fourth-order valence-electron chi connectivity index (χ4n) is 2.73. The maximum atomic E-state index is 12.6. The van der Waals surface area contributed by atoms with Crippen molar-refractivity contribution in [2.45, 2.75) is 37.3 Å². The molecule has 0 aliphatic carbocycles. The second kappa shape index (κ2) is 8.46. The van der Waals surface area contributed by atoms with Crippen molar-refractivity contribution in [3.05, 3.63) is 24.3 Å². The van der Waals surface area contributed by atoms with Crippen molar-refractivity contribution in [2.24, 2.45) is 11.8 Å². The van der Waals surface area contributed by atoms with E-state index in [0.29, 0.717) is 48.3 Å². The molecule has 24 heavy (non-hydrogen) atoms. The Labute approximate surface area is 145 Å². The lowest BCUT2D eigenvalue weighted by Crippen LogP contribution is -2.43. The number of hydrogen-bond donors (Lipinski definition) is 1. The third-order valence-corrected chi connectivity index (χ3v) is 4.82. The second-order valence-corrected chi connectivity index (χ2v) is 7.15. The number of carbonyl (C=O) groups is 2. The van der Waals surface area contributed by atoms with E-state index in [1.165, 1.54) is 0 Å². The maximum Gasteiger partial charge on any atom is 0.288 e. The van der Waals surface area contributed by atoms with Crippen molar-refractivity contribution >= 4 is 29.3 Å². The number of hydrogen-bond acceptors (Lipinski definition) is 3. The molecule has 0 spiro atoms. The highest BCUT2D eigenvalue weighted by Gasteiger charge is 2.28. The van der Waals surface area contributed by atoms with Gasteiger partial charge in [-0.25, -0.2) is 0 Å². The molecule has 0 radical (unpaired) electrons. The molecule has 0 unspecified atom stereocenters. The lowest BCUT2D eigenvalue weighted by atomic mass is 9.95. The van der Waals surface area contributed by atoms with Crippen LogP contribution >= 0.6 is 11.8 Å². The largest absolute Gasteiger partial charge is 0.342 e. The number of likely N-dealkylation sites (tertiary alicyclic amines) is 1. The quantitative estimate of drug-likeness (QED) is 0.816. The summed E-state index contributed by atoms with van der Waals surface area (Å²) in [6.07, 6.45) is 1.18. The Morgan fingerprint density at radius 3 is 2.42 bits per heavy atom. The first-order valence-electron chi connectivity index (χ1n) is 8.02. The minimum Gasteiger partial charge on any atom is -0.342 e. The highest BCUT2D eigenvalue weighted by atomic mass is 32.2. The predicted molar refractivity (Wildman–Crippen MR) is 91.1 cm³/mol. The number of rotatable bonds is 5. The highest BCUT2D eigenvalue weighted by molar-refractivity contribution is 7.99. The Hall–Kier alpha value is -1.63. The molecule has 4 nitrogen and oxygen atoms in total. The minimum atomic E-state index is -2.53. The van der Waals surface area contributed by atoms with Gasteiger partial charge in [0.25, 0.3) is 5.76 Å². The van der Waals surface area contributed by atoms with E-state index in [4.69, 9.17) is 0 Å². The van der Waals surface area contributed by atoms with Gasteiger partial charge in [-0.05, 0) is 25.0 Å². The van der Waals surface area contributed by atoms with Gasteiger partial charge in [-0.15, -0.1) is 0 Å². The number of alkyl halides is 2. The zero-order chi connectivity index (χ0) is 17.7. The summed E-state index contributed by atoms with van der Waals surface area (Å²) in [4.78, 5) is 26.5. The van der Waals surface area contributed by atoms with Crippen molar-refractivity contribution in [1.29, 1.82) is 0 Å². The van der Waals surface area contributed by atoms with E-state index in [9.17, 15) is 18.4 Å². The zero-order valence-corrected chi connectivity index (χ0v) is 14.6. The molecule has 2 rings (SSSR count). The maximum absolute atomic E-state index is 12.6. The molecule has 1 aliphatic heterocycles. The smallest absolute Gasteiger partial charge is 0.288 e. The monoisotopic (exact) mass is 356 g/mol.